The Bertz CT molecular complexity index is 497. The molecule has 0 bridgehead atoms. The number of aliphatic carboxylic acids is 1. The predicted octanol–water partition coefficient (Wildman–Crippen LogP) is 1.56. The Balaban J connectivity index is 1.69. The van der Waals surface area contributed by atoms with Crippen molar-refractivity contribution in [1.29, 1.82) is 0 Å². The van der Waals surface area contributed by atoms with Crippen molar-refractivity contribution in [3.05, 3.63) is 17.7 Å². The molecule has 2 atom stereocenters. The number of nitrogens with zero attached hydrogens (tertiary/aromatic N) is 3. The first kappa shape index (κ1) is 13.6. The van der Waals surface area contributed by atoms with Crippen LogP contribution < -0.4 is 0 Å². The summed E-state index contributed by atoms with van der Waals surface area (Å²) in [6, 6.07) is 0.618. The van der Waals surface area contributed by atoms with Gasteiger partial charge in [0.25, 0.3) is 0 Å². The lowest BCUT2D eigenvalue weighted by atomic mass is 9.98. The monoisotopic (exact) mass is 277 g/mol. The van der Waals surface area contributed by atoms with Crippen LogP contribution in [0.15, 0.2) is 6.20 Å². The predicted molar refractivity (Wildman–Crippen MR) is 75.6 cm³/mol. The molecule has 20 heavy (non-hydrogen) atoms. The van der Waals surface area contributed by atoms with E-state index in [2.05, 4.69) is 27.6 Å². The molecule has 0 radical (unpaired) electrons. The van der Waals surface area contributed by atoms with E-state index in [1.54, 1.807) is 0 Å². The van der Waals surface area contributed by atoms with Crippen molar-refractivity contribution in [1.82, 2.24) is 14.5 Å². The molecule has 1 aromatic heterocycles. The van der Waals surface area contributed by atoms with Gasteiger partial charge in [-0.25, -0.2) is 4.98 Å². The fraction of sp³-hybridized carbons (Fsp3) is 0.733. The Morgan fingerprint density at radius 1 is 1.45 bits per heavy atom. The molecule has 110 valence electrons. The molecule has 3 rings (SSSR count). The van der Waals surface area contributed by atoms with Gasteiger partial charge >= 0.3 is 5.97 Å². The molecule has 5 heteroatoms. The minimum Gasteiger partial charge on any atom is -0.481 e. The van der Waals surface area contributed by atoms with E-state index in [0.29, 0.717) is 12.5 Å². The van der Waals surface area contributed by atoms with E-state index in [-0.39, 0.29) is 5.92 Å². The maximum absolute atomic E-state index is 11.1. The van der Waals surface area contributed by atoms with Crippen LogP contribution in [0, 0.1) is 5.92 Å². The highest BCUT2D eigenvalue weighted by Gasteiger charge is 2.28. The number of carbonyl (C=O) groups is 1. The Hall–Kier alpha value is -1.36. The molecule has 3 heterocycles. The number of aromatic nitrogens is 2. The Labute approximate surface area is 119 Å². The summed E-state index contributed by atoms with van der Waals surface area (Å²) >= 11 is 0. The van der Waals surface area contributed by atoms with Crippen molar-refractivity contribution < 1.29 is 9.90 Å². The van der Waals surface area contributed by atoms with Crippen molar-refractivity contribution >= 4 is 5.97 Å². The molecule has 1 fully saturated rings. The highest BCUT2D eigenvalue weighted by molar-refractivity contribution is 5.70. The van der Waals surface area contributed by atoms with Crippen LogP contribution in [-0.4, -0.2) is 44.7 Å². The summed E-state index contributed by atoms with van der Waals surface area (Å²) in [5.41, 5.74) is 1.14. The topological polar surface area (TPSA) is 58.4 Å². The fourth-order valence-electron chi connectivity index (χ4n) is 3.58. The van der Waals surface area contributed by atoms with Gasteiger partial charge in [-0.05, 0) is 32.4 Å². The van der Waals surface area contributed by atoms with E-state index in [9.17, 15) is 4.79 Å². The van der Waals surface area contributed by atoms with Crippen LogP contribution in [0.2, 0.25) is 0 Å². The zero-order valence-corrected chi connectivity index (χ0v) is 12.1. The lowest BCUT2D eigenvalue weighted by molar-refractivity contribution is -0.142. The second-order valence-corrected chi connectivity index (χ2v) is 6.00. The molecular weight excluding hydrogens is 254 g/mol. The molecule has 0 aromatic carbocycles. The summed E-state index contributed by atoms with van der Waals surface area (Å²) in [7, 11) is 0. The maximum Gasteiger partial charge on any atom is 0.307 e. The van der Waals surface area contributed by atoms with Gasteiger partial charge in [0.05, 0.1) is 11.6 Å². The smallest absolute Gasteiger partial charge is 0.307 e. The Morgan fingerprint density at radius 2 is 2.30 bits per heavy atom. The highest BCUT2D eigenvalue weighted by atomic mass is 16.4. The first-order valence-electron chi connectivity index (χ1n) is 7.69. The van der Waals surface area contributed by atoms with Crippen molar-refractivity contribution in [3.8, 4) is 0 Å². The summed E-state index contributed by atoms with van der Waals surface area (Å²) in [5.74, 6) is 0.0183. The first-order valence-corrected chi connectivity index (χ1v) is 7.69. The van der Waals surface area contributed by atoms with Gasteiger partial charge in [0.2, 0.25) is 0 Å². The summed E-state index contributed by atoms with van der Waals surface area (Å²) in [4.78, 5) is 18.3. The van der Waals surface area contributed by atoms with Crippen molar-refractivity contribution in [2.24, 2.45) is 5.92 Å². The molecule has 0 aliphatic carbocycles. The maximum atomic E-state index is 11.1. The van der Waals surface area contributed by atoms with Gasteiger partial charge in [-0.3, -0.25) is 4.79 Å². The van der Waals surface area contributed by atoms with Crippen LogP contribution in [0.1, 0.15) is 37.7 Å². The van der Waals surface area contributed by atoms with E-state index >= 15 is 0 Å². The quantitative estimate of drug-likeness (QED) is 0.907. The zero-order valence-electron chi connectivity index (χ0n) is 12.1. The van der Waals surface area contributed by atoms with Gasteiger partial charge in [0.15, 0.2) is 0 Å². The number of hydrogen-bond donors (Lipinski definition) is 1. The minimum absolute atomic E-state index is 0.253. The molecule has 0 saturated carbocycles. The average molecular weight is 277 g/mol. The van der Waals surface area contributed by atoms with E-state index in [4.69, 9.17) is 5.11 Å². The third-order valence-corrected chi connectivity index (χ3v) is 4.76. The Morgan fingerprint density at radius 3 is 3.05 bits per heavy atom. The van der Waals surface area contributed by atoms with Gasteiger partial charge in [-0.1, -0.05) is 6.92 Å². The van der Waals surface area contributed by atoms with Crippen LogP contribution in [0.3, 0.4) is 0 Å². The molecule has 0 amide bonds. The summed E-state index contributed by atoms with van der Waals surface area (Å²) in [6.07, 6.45) is 6.99. The number of carboxylic acid groups (broad SMARTS) is 1. The van der Waals surface area contributed by atoms with Gasteiger partial charge in [-0.15, -0.1) is 0 Å². The van der Waals surface area contributed by atoms with Crippen LogP contribution in [0.4, 0.5) is 0 Å². The lowest BCUT2D eigenvalue weighted by Gasteiger charge is -2.21. The van der Waals surface area contributed by atoms with E-state index in [1.165, 1.54) is 19.4 Å². The number of imidazole rings is 1. The second kappa shape index (κ2) is 5.56. The van der Waals surface area contributed by atoms with Crippen LogP contribution in [0.25, 0.3) is 0 Å². The minimum atomic E-state index is -0.686. The van der Waals surface area contributed by atoms with Crippen molar-refractivity contribution in [2.45, 2.75) is 51.6 Å². The molecule has 5 nitrogen and oxygen atoms in total. The van der Waals surface area contributed by atoms with Gasteiger partial charge in [-0.2, -0.15) is 0 Å². The molecule has 2 aliphatic rings. The van der Waals surface area contributed by atoms with Gasteiger partial charge in [0, 0.05) is 31.6 Å². The number of fused-ring (bicyclic) bond motifs is 1. The van der Waals surface area contributed by atoms with Crippen molar-refractivity contribution in [3.63, 3.8) is 0 Å². The third kappa shape index (κ3) is 2.59. The molecule has 1 saturated heterocycles. The Kier molecular flexibility index (Phi) is 3.78. The number of rotatable bonds is 4. The largest absolute Gasteiger partial charge is 0.481 e. The fourth-order valence-corrected chi connectivity index (χ4v) is 3.58. The first-order chi connectivity index (χ1) is 9.67. The molecule has 2 aliphatic heterocycles. The average Bonchev–Trinajstić information content (AvgIpc) is 3.03. The normalized spacial score (nSPS) is 26.6. The number of carboxylic acids is 1. The van der Waals surface area contributed by atoms with Crippen molar-refractivity contribution in [2.75, 3.05) is 13.1 Å². The molecule has 0 spiro atoms. The van der Waals surface area contributed by atoms with E-state index in [1.807, 2.05) is 0 Å². The van der Waals surface area contributed by atoms with Gasteiger partial charge in [0.1, 0.15) is 5.82 Å². The number of likely N-dealkylation sites (tertiary alicyclic amines) is 1. The third-order valence-electron chi connectivity index (χ3n) is 4.76. The second-order valence-electron chi connectivity index (χ2n) is 6.00. The molecule has 1 N–H and O–H groups in total. The summed E-state index contributed by atoms with van der Waals surface area (Å²) in [6.45, 7) is 5.32. The molecule has 2 unspecified atom stereocenters. The highest BCUT2D eigenvalue weighted by Crippen LogP contribution is 2.24. The standard InChI is InChI=1S/C15H23N3O2/c1-2-17-6-3-4-13(17)9-12-10-18-7-5-11(15(19)20)8-14(18)16-12/h10-11,13H,2-9H2,1H3,(H,19,20). The number of likely N-dealkylation sites (N-methyl/N-ethyl adjacent to an activating group) is 1. The van der Waals surface area contributed by atoms with Crippen LogP contribution >= 0.6 is 0 Å². The van der Waals surface area contributed by atoms with E-state index in [0.717, 1.165) is 37.4 Å². The molecular formula is C15H23N3O2. The van der Waals surface area contributed by atoms with Crippen LogP contribution in [-0.2, 0) is 24.2 Å². The number of aryl methyl sites for hydroxylation is 1. The summed E-state index contributed by atoms with van der Waals surface area (Å²) < 4.78 is 2.15. The SMILES string of the molecule is CCN1CCCC1Cc1cn2c(n1)CC(C(=O)O)CC2. The zero-order chi connectivity index (χ0) is 14.1. The number of hydrogen-bond acceptors (Lipinski definition) is 3. The lowest BCUT2D eigenvalue weighted by Crippen LogP contribution is -2.30. The van der Waals surface area contributed by atoms with E-state index < -0.39 is 5.97 Å². The molecule has 1 aromatic rings. The van der Waals surface area contributed by atoms with Crippen LogP contribution in [0.5, 0.6) is 0 Å². The summed E-state index contributed by atoms with van der Waals surface area (Å²) in [5, 5.41) is 9.12. The van der Waals surface area contributed by atoms with Gasteiger partial charge < -0.3 is 14.6 Å².